The van der Waals surface area contributed by atoms with E-state index in [-0.39, 0.29) is 0 Å². The number of hydrogen-bond donors (Lipinski definition) is 0. The summed E-state index contributed by atoms with van der Waals surface area (Å²) in [6.45, 7) is 3.75. The molecule has 0 unspecified atom stereocenters. The summed E-state index contributed by atoms with van der Waals surface area (Å²) in [5, 5.41) is 0. The Bertz CT molecular complexity index is 430. The van der Waals surface area contributed by atoms with Gasteiger partial charge >= 0.3 is 0 Å². The summed E-state index contributed by atoms with van der Waals surface area (Å²) in [7, 11) is 0. The third-order valence-electron chi connectivity index (χ3n) is 2.45. The Labute approximate surface area is 91.0 Å². The third-order valence-corrected chi connectivity index (χ3v) is 2.45. The second-order valence-electron chi connectivity index (χ2n) is 3.58. The molecule has 0 spiro atoms. The van der Waals surface area contributed by atoms with E-state index in [1.165, 1.54) is 16.7 Å². The molecule has 1 aromatic rings. The third kappa shape index (κ3) is 2.57. The second-order valence-corrected chi connectivity index (χ2v) is 3.58. The predicted molar refractivity (Wildman–Crippen MR) is 66.5 cm³/mol. The van der Waals surface area contributed by atoms with Crippen molar-refractivity contribution in [3.05, 3.63) is 77.9 Å². The van der Waals surface area contributed by atoms with Gasteiger partial charge in [-0.15, -0.1) is 0 Å². The van der Waals surface area contributed by atoms with Crippen molar-refractivity contribution in [1.29, 1.82) is 0 Å². The lowest BCUT2D eigenvalue weighted by Gasteiger charge is -2.05. The Hall–Kier alpha value is -1.82. The van der Waals surface area contributed by atoms with Crippen molar-refractivity contribution in [2.45, 2.75) is 6.42 Å². The van der Waals surface area contributed by atoms with Gasteiger partial charge in [-0.05, 0) is 23.1 Å². The first-order valence-electron chi connectivity index (χ1n) is 5.15. The SMILES string of the molecule is C=CC1=CCC(=Cc2ccccc2)C=C1. The van der Waals surface area contributed by atoms with Crippen LogP contribution in [0.15, 0.2) is 72.4 Å². The molecule has 0 aliphatic heterocycles. The average molecular weight is 194 g/mol. The monoisotopic (exact) mass is 194 g/mol. The Kier molecular flexibility index (Phi) is 2.99. The lowest BCUT2D eigenvalue weighted by molar-refractivity contribution is 1.26. The van der Waals surface area contributed by atoms with Gasteiger partial charge in [0, 0.05) is 0 Å². The Balaban J connectivity index is 2.16. The van der Waals surface area contributed by atoms with E-state index in [1.54, 1.807) is 0 Å². The van der Waals surface area contributed by atoms with Gasteiger partial charge < -0.3 is 0 Å². The van der Waals surface area contributed by atoms with E-state index in [1.807, 2.05) is 12.1 Å². The van der Waals surface area contributed by atoms with Gasteiger partial charge in [-0.1, -0.05) is 67.3 Å². The van der Waals surface area contributed by atoms with Crippen molar-refractivity contribution < 1.29 is 0 Å². The maximum atomic E-state index is 3.75. The molecular formula is C15H14. The molecule has 0 nitrogen and oxygen atoms in total. The first-order valence-corrected chi connectivity index (χ1v) is 5.15. The summed E-state index contributed by atoms with van der Waals surface area (Å²) in [5.74, 6) is 0. The van der Waals surface area contributed by atoms with E-state index >= 15 is 0 Å². The Morgan fingerprint density at radius 3 is 2.47 bits per heavy atom. The first kappa shape index (κ1) is 9.72. The quantitative estimate of drug-likeness (QED) is 0.663. The molecule has 0 N–H and O–H groups in total. The maximum Gasteiger partial charge on any atom is -0.00882 e. The number of benzene rings is 1. The molecule has 0 radical (unpaired) electrons. The van der Waals surface area contributed by atoms with Crippen LogP contribution in [-0.2, 0) is 0 Å². The summed E-state index contributed by atoms with van der Waals surface area (Å²) in [4.78, 5) is 0. The molecule has 1 aliphatic carbocycles. The van der Waals surface area contributed by atoms with E-state index in [9.17, 15) is 0 Å². The summed E-state index contributed by atoms with van der Waals surface area (Å²) in [6, 6.07) is 10.4. The molecule has 0 saturated heterocycles. The molecule has 2 rings (SSSR count). The molecule has 0 atom stereocenters. The van der Waals surface area contributed by atoms with E-state index in [2.05, 4.69) is 55.1 Å². The van der Waals surface area contributed by atoms with Crippen molar-refractivity contribution in [2.24, 2.45) is 0 Å². The minimum absolute atomic E-state index is 0.993. The van der Waals surface area contributed by atoms with Gasteiger partial charge in [0.05, 0.1) is 0 Å². The van der Waals surface area contributed by atoms with Crippen LogP contribution < -0.4 is 0 Å². The number of rotatable bonds is 2. The predicted octanol–water partition coefficient (Wildman–Crippen LogP) is 4.14. The molecule has 0 bridgehead atoms. The smallest absolute Gasteiger partial charge is 0.00882 e. The maximum absolute atomic E-state index is 3.75. The largest absolute Gasteiger partial charge is 0.0985 e. The summed E-state index contributed by atoms with van der Waals surface area (Å²) in [5.41, 5.74) is 3.81. The van der Waals surface area contributed by atoms with Crippen molar-refractivity contribution in [2.75, 3.05) is 0 Å². The van der Waals surface area contributed by atoms with Crippen LogP contribution in [0.5, 0.6) is 0 Å². The first-order chi connectivity index (χ1) is 7.38. The fourth-order valence-electron chi connectivity index (χ4n) is 1.60. The summed E-state index contributed by atoms with van der Waals surface area (Å²) in [6.07, 6.45) is 11.5. The van der Waals surface area contributed by atoms with Crippen molar-refractivity contribution in [1.82, 2.24) is 0 Å². The van der Waals surface area contributed by atoms with Gasteiger partial charge in [-0.25, -0.2) is 0 Å². The Morgan fingerprint density at radius 1 is 1.07 bits per heavy atom. The minimum atomic E-state index is 0.993. The Morgan fingerprint density at radius 2 is 1.87 bits per heavy atom. The molecular weight excluding hydrogens is 180 g/mol. The molecule has 0 amide bonds. The zero-order valence-corrected chi connectivity index (χ0v) is 8.69. The zero-order valence-electron chi connectivity index (χ0n) is 8.69. The van der Waals surface area contributed by atoms with Gasteiger partial charge in [-0.3, -0.25) is 0 Å². The highest BCUT2D eigenvalue weighted by molar-refractivity contribution is 5.58. The molecule has 0 aromatic heterocycles. The van der Waals surface area contributed by atoms with Crippen molar-refractivity contribution in [3.63, 3.8) is 0 Å². The highest BCUT2D eigenvalue weighted by atomic mass is 14.0. The number of allylic oxidation sites excluding steroid dienone is 6. The molecule has 0 heteroatoms. The van der Waals surface area contributed by atoms with Crippen molar-refractivity contribution in [3.8, 4) is 0 Å². The lowest BCUT2D eigenvalue weighted by Crippen LogP contribution is -1.85. The molecule has 74 valence electrons. The fraction of sp³-hybridized carbons (Fsp3) is 0.0667. The molecule has 1 aliphatic rings. The van der Waals surface area contributed by atoms with Crippen LogP contribution in [-0.4, -0.2) is 0 Å². The average Bonchev–Trinajstić information content (AvgIpc) is 2.31. The molecule has 0 fully saturated rings. The standard InChI is InChI=1S/C15H14/c1-2-13-8-10-15(11-9-13)12-14-6-4-3-5-7-14/h2-10,12H,1,11H2. The molecule has 1 aromatic carbocycles. The van der Waals surface area contributed by atoms with Gasteiger partial charge in [0.25, 0.3) is 0 Å². The summed E-state index contributed by atoms with van der Waals surface area (Å²) >= 11 is 0. The van der Waals surface area contributed by atoms with Crippen LogP contribution in [0.3, 0.4) is 0 Å². The molecule has 0 heterocycles. The molecule has 15 heavy (non-hydrogen) atoms. The van der Waals surface area contributed by atoms with Crippen LogP contribution in [0.25, 0.3) is 6.08 Å². The van der Waals surface area contributed by atoms with Crippen LogP contribution >= 0.6 is 0 Å². The molecule has 0 saturated carbocycles. The van der Waals surface area contributed by atoms with Crippen LogP contribution in [0, 0.1) is 0 Å². The van der Waals surface area contributed by atoms with E-state index in [0.717, 1.165) is 6.42 Å². The van der Waals surface area contributed by atoms with Gasteiger partial charge in [-0.2, -0.15) is 0 Å². The van der Waals surface area contributed by atoms with E-state index < -0.39 is 0 Å². The topological polar surface area (TPSA) is 0 Å². The summed E-state index contributed by atoms with van der Waals surface area (Å²) < 4.78 is 0. The van der Waals surface area contributed by atoms with E-state index in [0.29, 0.717) is 0 Å². The fourth-order valence-corrected chi connectivity index (χ4v) is 1.60. The van der Waals surface area contributed by atoms with Crippen LogP contribution in [0.2, 0.25) is 0 Å². The highest BCUT2D eigenvalue weighted by Gasteiger charge is 1.98. The van der Waals surface area contributed by atoms with Crippen LogP contribution in [0.1, 0.15) is 12.0 Å². The van der Waals surface area contributed by atoms with Gasteiger partial charge in [0.15, 0.2) is 0 Å². The lowest BCUT2D eigenvalue weighted by atomic mass is 10.0. The van der Waals surface area contributed by atoms with Gasteiger partial charge in [0.2, 0.25) is 0 Å². The highest BCUT2D eigenvalue weighted by Crippen LogP contribution is 2.18. The number of hydrogen-bond acceptors (Lipinski definition) is 0. The van der Waals surface area contributed by atoms with Gasteiger partial charge in [0.1, 0.15) is 0 Å². The minimum Gasteiger partial charge on any atom is -0.0985 e. The zero-order chi connectivity index (χ0) is 10.5. The van der Waals surface area contributed by atoms with Crippen LogP contribution in [0.4, 0.5) is 0 Å². The van der Waals surface area contributed by atoms with Crippen molar-refractivity contribution >= 4 is 6.08 Å². The second kappa shape index (κ2) is 4.61. The normalized spacial score (nSPS) is 17.6. The van der Waals surface area contributed by atoms with E-state index in [4.69, 9.17) is 0 Å².